The highest BCUT2D eigenvalue weighted by atomic mass is 31.2. The molecule has 0 fully saturated rings. The summed E-state index contributed by atoms with van der Waals surface area (Å²) >= 11 is 0. The molecular weight excluding hydrogens is 550 g/mol. The predicted molar refractivity (Wildman–Crippen MR) is 153 cm³/mol. The highest BCUT2D eigenvalue weighted by molar-refractivity contribution is 7.85. The Balaban J connectivity index is 1.76. The summed E-state index contributed by atoms with van der Waals surface area (Å²) in [5, 5.41) is 0.709. The van der Waals surface area contributed by atoms with Gasteiger partial charge in [-0.2, -0.15) is 0 Å². The van der Waals surface area contributed by atoms with Crippen LogP contribution < -0.4 is 42.1 Å². The van der Waals surface area contributed by atoms with Crippen molar-refractivity contribution in [3.05, 3.63) is 110 Å². The van der Waals surface area contributed by atoms with Gasteiger partial charge in [0.15, 0.2) is 22.0 Å². The third-order valence-electron chi connectivity index (χ3n) is 6.64. The fraction of sp³-hybridized carbons (Fsp3) is 0.0667. The molecule has 4 aromatic heterocycles. The minimum absolute atomic E-state index is 0.216. The normalized spacial score (nSPS) is 11.9. The van der Waals surface area contributed by atoms with Crippen molar-refractivity contribution >= 4 is 46.9 Å². The Kier molecular flexibility index (Phi) is 6.67. The van der Waals surface area contributed by atoms with Gasteiger partial charge in [-0.15, -0.1) is 0 Å². The number of benzene rings is 2. The van der Waals surface area contributed by atoms with Gasteiger partial charge in [-0.25, -0.2) is 0 Å². The van der Waals surface area contributed by atoms with Gasteiger partial charge in [-0.05, 0) is 72.8 Å². The number of ether oxygens (including phenoxy) is 2. The van der Waals surface area contributed by atoms with Gasteiger partial charge in [0, 0.05) is 21.7 Å². The molecule has 0 bridgehead atoms. The van der Waals surface area contributed by atoms with Crippen molar-refractivity contribution in [1.82, 2.24) is 0 Å². The van der Waals surface area contributed by atoms with Crippen LogP contribution >= 0.6 is 14.3 Å². The molecule has 8 nitrogen and oxygen atoms in total. The lowest BCUT2D eigenvalue weighted by atomic mass is 10.0. The van der Waals surface area contributed by atoms with E-state index in [0.29, 0.717) is 33.2 Å². The summed E-state index contributed by atoms with van der Waals surface area (Å²) in [4.78, 5) is 0. The van der Waals surface area contributed by atoms with Crippen LogP contribution in [0.25, 0.3) is 11.1 Å². The minimum atomic E-state index is -3.75. The van der Waals surface area contributed by atoms with Gasteiger partial charge in [0.25, 0.3) is 0 Å². The molecule has 0 aliphatic carbocycles. The zero-order valence-electron chi connectivity index (χ0n) is 21.6. The Morgan fingerprint density at radius 3 is 1.05 bits per heavy atom. The first-order chi connectivity index (χ1) is 19.5. The van der Waals surface area contributed by atoms with E-state index in [9.17, 15) is 0 Å². The van der Waals surface area contributed by atoms with Crippen LogP contribution in [0.15, 0.2) is 128 Å². The molecule has 0 amide bonds. The molecule has 6 rings (SSSR count). The lowest BCUT2D eigenvalue weighted by Gasteiger charge is -2.25. The number of furan rings is 4. The molecule has 0 aliphatic heterocycles. The lowest BCUT2D eigenvalue weighted by Crippen LogP contribution is -2.29. The summed E-state index contributed by atoms with van der Waals surface area (Å²) in [7, 11) is -4.47. The van der Waals surface area contributed by atoms with E-state index >= 15 is 9.13 Å². The summed E-state index contributed by atoms with van der Waals surface area (Å²) in [5.74, 6) is 0.763. The van der Waals surface area contributed by atoms with Crippen molar-refractivity contribution in [2.75, 3.05) is 14.2 Å². The van der Waals surface area contributed by atoms with E-state index in [1.165, 1.54) is 39.3 Å². The average molecular weight is 574 g/mol. The van der Waals surface area contributed by atoms with Crippen LogP contribution in [0.4, 0.5) is 0 Å². The largest absolute Gasteiger partial charge is 0.496 e. The maximum atomic E-state index is 15.2. The molecule has 0 N–H and O–H groups in total. The summed E-state index contributed by atoms with van der Waals surface area (Å²) < 4.78 is 65.1. The topological polar surface area (TPSA) is 105 Å². The molecule has 0 saturated carbocycles. The van der Waals surface area contributed by atoms with Crippen molar-refractivity contribution < 1.29 is 36.3 Å². The number of hydrogen-bond donors (Lipinski definition) is 0. The number of hydrogen-bond acceptors (Lipinski definition) is 8. The van der Waals surface area contributed by atoms with Gasteiger partial charge in [0.1, 0.15) is 11.5 Å². The zero-order valence-corrected chi connectivity index (χ0v) is 23.3. The van der Waals surface area contributed by atoms with Crippen molar-refractivity contribution in [3.63, 3.8) is 0 Å². The molecule has 40 heavy (non-hydrogen) atoms. The van der Waals surface area contributed by atoms with Crippen LogP contribution in [0.2, 0.25) is 0 Å². The SMILES string of the molecule is COc1cccc(P(=O)(c2ccco2)c2ccco2)c1-c1c(OC)cccc1P(=O)(c1ccco1)c1ccco1. The molecule has 0 atom stereocenters. The molecule has 10 heteroatoms. The molecule has 0 unspecified atom stereocenters. The van der Waals surface area contributed by atoms with Gasteiger partial charge < -0.3 is 36.3 Å². The van der Waals surface area contributed by atoms with E-state index in [4.69, 9.17) is 27.1 Å². The van der Waals surface area contributed by atoms with Crippen molar-refractivity contribution in [2.24, 2.45) is 0 Å². The molecule has 0 spiro atoms. The molecular formula is C30H24O8P2. The Morgan fingerprint density at radius 2 is 0.800 bits per heavy atom. The first-order valence-electron chi connectivity index (χ1n) is 12.3. The number of rotatable bonds is 9. The summed E-state index contributed by atoms with van der Waals surface area (Å²) in [5.41, 5.74) is 1.68. The Hall–Kier alpha value is -4.38. The maximum absolute atomic E-state index is 15.2. The fourth-order valence-corrected chi connectivity index (χ4v) is 9.97. The summed E-state index contributed by atoms with van der Waals surface area (Å²) in [6, 6.07) is 23.7. The molecule has 6 aromatic rings. The van der Waals surface area contributed by atoms with E-state index in [0.717, 1.165) is 0 Å². The average Bonchev–Trinajstić information content (AvgIpc) is 3.82. The predicted octanol–water partition coefficient (Wildman–Crippen LogP) is 5.02. The Morgan fingerprint density at radius 1 is 0.475 bits per heavy atom. The van der Waals surface area contributed by atoms with E-state index in [1.807, 2.05) is 0 Å². The molecule has 0 saturated heterocycles. The van der Waals surface area contributed by atoms with Crippen molar-refractivity contribution in [1.29, 1.82) is 0 Å². The van der Waals surface area contributed by atoms with Crippen LogP contribution in [-0.4, -0.2) is 14.2 Å². The summed E-state index contributed by atoms with van der Waals surface area (Å²) in [6.07, 6.45) is 5.84. The Bertz CT molecular complexity index is 1600. The fourth-order valence-electron chi connectivity index (χ4n) is 4.90. The van der Waals surface area contributed by atoms with Crippen LogP contribution in [0, 0.1) is 0 Å². The smallest absolute Gasteiger partial charge is 0.238 e. The second-order valence-electron chi connectivity index (χ2n) is 8.73. The third-order valence-corrected chi connectivity index (χ3v) is 12.2. The van der Waals surface area contributed by atoms with Crippen LogP contribution in [0.1, 0.15) is 0 Å². The van der Waals surface area contributed by atoms with Gasteiger partial charge in [-0.1, -0.05) is 12.1 Å². The van der Waals surface area contributed by atoms with E-state index in [1.54, 1.807) is 84.9 Å². The monoisotopic (exact) mass is 574 g/mol. The van der Waals surface area contributed by atoms with Gasteiger partial charge in [0.05, 0.1) is 39.3 Å². The second kappa shape index (κ2) is 10.3. The first kappa shape index (κ1) is 25.9. The van der Waals surface area contributed by atoms with E-state index in [-0.39, 0.29) is 22.0 Å². The highest BCUT2D eigenvalue weighted by Crippen LogP contribution is 2.52. The van der Waals surface area contributed by atoms with Crippen LogP contribution in [0.5, 0.6) is 11.5 Å². The molecule has 0 aliphatic rings. The first-order valence-corrected chi connectivity index (χ1v) is 15.7. The van der Waals surface area contributed by atoms with Crippen molar-refractivity contribution in [2.45, 2.75) is 0 Å². The standard InChI is InChI=1S/C30H24O8P2/c1-33-21-9-3-11-23(39(31,25-13-5-17-35-25)26-14-6-18-36-26)29(21)30-22(34-2)10-4-12-24(30)40(32,27-15-7-19-37-27)28-16-8-20-38-28/h3-20H,1-2H3. The molecule has 0 radical (unpaired) electrons. The second-order valence-corrected chi connectivity index (χ2v) is 13.9. The quantitative estimate of drug-likeness (QED) is 0.222. The molecule has 4 heterocycles. The Labute approximate surface area is 229 Å². The van der Waals surface area contributed by atoms with E-state index < -0.39 is 14.3 Å². The van der Waals surface area contributed by atoms with Gasteiger partial charge >= 0.3 is 0 Å². The minimum Gasteiger partial charge on any atom is -0.496 e. The van der Waals surface area contributed by atoms with Crippen LogP contribution in [-0.2, 0) is 9.13 Å². The maximum Gasteiger partial charge on any atom is 0.238 e. The van der Waals surface area contributed by atoms with E-state index in [2.05, 4.69) is 0 Å². The highest BCUT2D eigenvalue weighted by Gasteiger charge is 2.43. The number of methoxy groups -OCH3 is 2. The lowest BCUT2D eigenvalue weighted by molar-refractivity contribution is 0.410. The molecule has 202 valence electrons. The van der Waals surface area contributed by atoms with Gasteiger partial charge in [-0.3, -0.25) is 0 Å². The van der Waals surface area contributed by atoms with Crippen LogP contribution in [0.3, 0.4) is 0 Å². The summed E-state index contributed by atoms with van der Waals surface area (Å²) in [6.45, 7) is 0. The molecule has 2 aromatic carbocycles. The third kappa shape index (κ3) is 3.91. The van der Waals surface area contributed by atoms with Crippen molar-refractivity contribution in [3.8, 4) is 22.6 Å². The van der Waals surface area contributed by atoms with Gasteiger partial charge in [0.2, 0.25) is 14.3 Å². The zero-order chi connectivity index (χ0) is 27.7.